The van der Waals surface area contributed by atoms with Gasteiger partial charge in [0, 0.05) is 11.1 Å². The number of pyridine rings is 1. The van der Waals surface area contributed by atoms with Crippen LogP contribution in [0, 0.1) is 11.3 Å². The van der Waals surface area contributed by atoms with Gasteiger partial charge in [-0.3, -0.25) is 4.98 Å². The van der Waals surface area contributed by atoms with Gasteiger partial charge in [-0.05, 0) is 36.0 Å². The average Bonchev–Trinajstić information content (AvgIpc) is 2.27. The SMILES string of the molecule is C=C(C)c1cccc(C(C)(C)C(C)C(C)(C)C)n1. The van der Waals surface area contributed by atoms with Crippen molar-refractivity contribution in [2.24, 2.45) is 11.3 Å². The maximum absolute atomic E-state index is 4.78. The molecule has 1 heterocycles. The van der Waals surface area contributed by atoms with Crippen molar-refractivity contribution in [1.82, 2.24) is 4.98 Å². The minimum atomic E-state index is 0.0592. The normalized spacial score (nSPS) is 14.4. The number of hydrogen-bond acceptors (Lipinski definition) is 1. The fourth-order valence-electron chi connectivity index (χ4n) is 2.34. The zero-order valence-corrected chi connectivity index (χ0v) is 13.0. The number of hydrogen-bond donors (Lipinski definition) is 0. The van der Waals surface area contributed by atoms with Crippen LogP contribution in [0.3, 0.4) is 0 Å². The van der Waals surface area contributed by atoms with Crippen LogP contribution in [-0.4, -0.2) is 4.98 Å². The Hall–Kier alpha value is -1.11. The first-order chi connectivity index (χ1) is 8.06. The van der Waals surface area contributed by atoms with E-state index in [4.69, 9.17) is 4.98 Å². The second-order valence-electron chi connectivity index (χ2n) is 7.00. The molecule has 1 aromatic heterocycles. The minimum absolute atomic E-state index is 0.0592. The van der Waals surface area contributed by atoms with Crippen molar-refractivity contribution in [3.05, 3.63) is 36.2 Å². The molecule has 0 N–H and O–H groups in total. The molecule has 18 heavy (non-hydrogen) atoms. The molecule has 0 amide bonds. The van der Waals surface area contributed by atoms with Gasteiger partial charge >= 0.3 is 0 Å². The van der Waals surface area contributed by atoms with Gasteiger partial charge in [0.2, 0.25) is 0 Å². The highest BCUT2D eigenvalue weighted by molar-refractivity contribution is 5.57. The molecule has 1 nitrogen and oxygen atoms in total. The summed E-state index contributed by atoms with van der Waals surface area (Å²) in [6, 6.07) is 6.25. The molecule has 1 unspecified atom stereocenters. The van der Waals surface area contributed by atoms with Gasteiger partial charge in [0.05, 0.1) is 5.69 Å². The van der Waals surface area contributed by atoms with Crippen LogP contribution in [0.25, 0.3) is 5.57 Å². The van der Waals surface area contributed by atoms with Crippen molar-refractivity contribution in [2.45, 2.75) is 53.9 Å². The van der Waals surface area contributed by atoms with Crippen LogP contribution in [0.5, 0.6) is 0 Å². The number of nitrogens with zero attached hydrogens (tertiary/aromatic N) is 1. The molecule has 0 fully saturated rings. The van der Waals surface area contributed by atoms with E-state index in [-0.39, 0.29) is 10.8 Å². The van der Waals surface area contributed by atoms with Crippen molar-refractivity contribution in [3.63, 3.8) is 0 Å². The molecular formula is C17H27N. The maximum Gasteiger partial charge on any atom is 0.0656 e. The highest BCUT2D eigenvalue weighted by atomic mass is 14.7. The highest BCUT2D eigenvalue weighted by Gasteiger charge is 2.36. The first-order valence-electron chi connectivity index (χ1n) is 6.70. The molecule has 1 atom stereocenters. The Kier molecular flexibility index (Phi) is 4.05. The Morgan fingerprint density at radius 1 is 1.17 bits per heavy atom. The quantitative estimate of drug-likeness (QED) is 0.724. The van der Waals surface area contributed by atoms with Gasteiger partial charge in [-0.15, -0.1) is 0 Å². The third kappa shape index (κ3) is 3.01. The molecule has 0 spiro atoms. The molecule has 0 saturated carbocycles. The summed E-state index contributed by atoms with van der Waals surface area (Å²) in [6.45, 7) is 19.8. The van der Waals surface area contributed by atoms with Crippen molar-refractivity contribution in [2.75, 3.05) is 0 Å². The van der Waals surface area contributed by atoms with Gasteiger partial charge in [-0.25, -0.2) is 0 Å². The van der Waals surface area contributed by atoms with E-state index in [1.54, 1.807) is 0 Å². The summed E-state index contributed by atoms with van der Waals surface area (Å²) in [6.07, 6.45) is 0. The van der Waals surface area contributed by atoms with E-state index in [0.717, 1.165) is 17.0 Å². The first-order valence-corrected chi connectivity index (χ1v) is 6.70. The van der Waals surface area contributed by atoms with E-state index in [9.17, 15) is 0 Å². The number of allylic oxidation sites excluding steroid dienone is 1. The van der Waals surface area contributed by atoms with E-state index in [1.165, 1.54) is 0 Å². The molecular weight excluding hydrogens is 218 g/mol. The van der Waals surface area contributed by atoms with Gasteiger partial charge in [0.15, 0.2) is 0 Å². The van der Waals surface area contributed by atoms with Crippen molar-refractivity contribution in [3.8, 4) is 0 Å². The van der Waals surface area contributed by atoms with Crippen LogP contribution < -0.4 is 0 Å². The highest BCUT2D eigenvalue weighted by Crippen LogP contribution is 2.41. The van der Waals surface area contributed by atoms with Gasteiger partial charge in [0.1, 0.15) is 0 Å². The van der Waals surface area contributed by atoms with Crippen LogP contribution in [0.1, 0.15) is 59.9 Å². The van der Waals surface area contributed by atoms with Crippen molar-refractivity contribution in [1.29, 1.82) is 0 Å². The standard InChI is InChI=1S/C17H27N/c1-12(2)14-10-9-11-15(18-14)17(7,8)13(3)16(4,5)6/h9-11,13H,1H2,2-8H3. The van der Waals surface area contributed by atoms with Gasteiger partial charge in [0.25, 0.3) is 0 Å². The summed E-state index contributed by atoms with van der Waals surface area (Å²) < 4.78 is 0. The topological polar surface area (TPSA) is 12.9 Å². The lowest BCUT2D eigenvalue weighted by Crippen LogP contribution is -2.36. The summed E-state index contributed by atoms with van der Waals surface area (Å²) in [5, 5.41) is 0. The first kappa shape index (κ1) is 14.9. The van der Waals surface area contributed by atoms with E-state index < -0.39 is 0 Å². The fraction of sp³-hybridized carbons (Fsp3) is 0.588. The van der Waals surface area contributed by atoms with Gasteiger partial charge in [-0.2, -0.15) is 0 Å². The Morgan fingerprint density at radius 3 is 2.17 bits per heavy atom. The zero-order chi connectivity index (χ0) is 14.1. The van der Waals surface area contributed by atoms with Crippen molar-refractivity contribution >= 4 is 5.57 Å². The molecule has 1 heteroatoms. The summed E-state index contributed by atoms with van der Waals surface area (Å²) in [4.78, 5) is 4.78. The summed E-state index contributed by atoms with van der Waals surface area (Å²) >= 11 is 0. The van der Waals surface area contributed by atoms with Gasteiger partial charge in [-0.1, -0.05) is 54.2 Å². The van der Waals surface area contributed by atoms with Crippen LogP contribution in [0.2, 0.25) is 0 Å². The van der Waals surface area contributed by atoms with Crippen LogP contribution in [0.15, 0.2) is 24.8 Å². The molecule has 1 aromatic rings. The molecule has 1 rings (SSSR count). The molecule has 0 aliphatic carbocycles. The van der Waals surface area contributed by atoms with E-state index >= 15 is 0 Å². The van der Waals surface area contributed by atoms with Crippen LogP contribution in [-0.2, 0) is 5.41 Å². The average molecular weight is 245 g/mol. The van der Waals surface area contributed by atoms with Crippen LogP contribution in [0.4, 0.5) is 0 Å². The molecule has 0 aliphatic heterocycles. The largest absolute Gasteiger partial charge is 0.253 e. The Labute approximate surface area is 112 Å². The Balaban J connectivity index is 3.20. The fourth-order valence-corrected chi connectivity index (χ4v) is 2.34. The molecule has 100 valence electrons. The molecule has 0 saturated heterocycles. The van der Waals surface area contributed by atoms with Crippen molar-refractivity contribution < 1.29 is 0 Å². The lowest BCUT2D eigenvalue weighted by molar-refractivity contribution is 0.163. The molecule has 0 aliphatic rings. The smallest absolute Gasteiger partial charge is 0.0656 e. The third-order valence-corrected chi connectivity index (χ3v) is 4.23. The van der Waals surface area contributed by atoms with Crippen LogP contribution >= 0.6 is 0 Å². The monoisotopic (exact) mass is 245 g/mol. The van der Waals surface area contributed by atoms with E-state index in [0.29, 0.717) is 5.92 Å². The second-order valence-corrected chi connectivity index (χ2v) is 7.00. The zero-order valence-electron chi connectivity index (χ0n) is 13.0. The predicted octanol–water partition coefficient (Wildman–Crippen LogP) is 5.07. The number of rotatable bonds is 3. The van der Waals surface area contributed by atoms with E-state index in [2.05, 4.69) is 60.3 Å². The number of aromatic nitrogens is 1. The molecule has 0 aromatic carbocycles. The summed E-state index contributed by atoms with van der Waals surface area (Å²) in [7, 11) is 0. The molecule has 0 bridgehead atoms. The Bertz CT molecular complexity index is 435. The predicted molar refractivity (Wildman–Crippen MR) is 80.6 cm³/mol. The maximum atomic E-state index is 4.78. The second kappa shape index (κ2) is 4.87. The summed E-state index contributed by atoms with van der Waals surface area (Å²) in [5.41, 5.74) is 3.51. The lowest BCUT2D eigenvalue weighted by Gasteiger charge is -2.40. The lowest BCUT2D eigenvalue weighted by atomic mass is 9.65. The molecule has 0 radical (unpaired) electrons. The third-order valence-electron chi connectivity index (χ3n) is 4.23. The Morgan fingerprint density at radius 2 is 1.72 bits per heavy atom. The van der Waals surface area contributed by atoms with Gasteiger partial charge < -0.3 is 0 Å². The summed E-state index contributed by atoms with van der Waals surface area (Å²) in [5.74, 6) is 0.540. The van der Waals surface area contributed by atoms with E-state index in [1.807, 2.05) is 13.0 Å². The minimum Gasteiger partial charge on any atom is -0.253 e.